The Bertz CT molecular complexity index is 1200. The Labute approximate surface area is 222 Å². The lowest BCUT2D eigenvalue weighted by molar-refractivity contribution is -0.175. The van der Waals surface area contributed by atoms with Gasteiger partial charge in [-0.2, -0.15) is 0 Å². The van der Waals surface area contributed by atoms with Crippen LogP contribution in [0.25, 0.3) is 5.70 Å². The minimum Gasteiger partial charge on any atom is -0.479 e. The highest BCUT2D eigenvalue weighted by atomic mass is 16.4. The number of carboxylic acids is 1. The monoisotopic (exact) mass is 521 g/mol. The molecule has 1 unspecified atom stereocenters. The summed E-state index contributed by atoms with van der Waals surface area (Å²) in [5.74, 6) is -3.71. The lowest BCUT2D eigenvalue weighted by atomic mass is 9.95. The van der Waals surface area contributed by atoms with E-state index < -0.39 is 41.9 Å². The molecule has 3 amide bonds. The van der Waals surface area contributed by atoms with E-state index in [1.165, 1.54) is 11.8 Å². The highest BCUT2D eigenvalue weighted by molar-refractivity contribution is 5.99. The van der Waals surface area contributed by atoms with Crippen LogP contribution in [0.4, 0.5) is 0 Å². The molecule has 0 bridgehead atoms. The van der Waals surface area contributed by atoms with Gasteiger partial charge in [0.1, 0.15) is 6.04 Å². The van der Waals surface area contributed by atoms with Crippen molar-refractivity contribution in [3.8, 4) is 0 Å². The summed E-state index contributed by atoms with van der Waals surface area (Å²) in [6.07, 6.45) is -0.468. The zero-order valence-electron chi connectivity index (χ0n) is 22.3. The first-order chi connectivity index (χ1) is 18.0. The van der Waals surface area contributed by atoms with Gasteiger partial charge in [0.05, 0.1) is 11.7 Å². The molecule has 3 atom stereocenters. The summed E-state index contributed by atoms with van der Waals surface area (Å²) in [6, 6.07) is 15.4. The number of carboxylic acid groups (broad SMARTS) is 1. The molecule has 9 nitrogen and oxygen atoms in total. The maximum Gasteiger partial charge on any atom is 0.334 e. The maximum atomic E-state index is 14.3. The molecule has 1 aliphatic heterocycles. The highest BCUT2D eigenvalue weighted by Crippen LogP contribution is 2.34. The van der Waals surface area contributed by atoms with E-state index in [4.69, 9.17) is 0 Å². The first kappa shape index (κ1) is 28.6. The van der Waals surface area contributed by atoms with Gasteiger partial charge in [-0.3, -0.25) is 14.4 Å². The van der Waals surface area contributed by atoms with E-state index in [1.54, 1.807) is 94.6 Å². The van der Waals surface area contributed by atoms with Crippen molar-refractivity contribution in [1.82, 2.24) is 14.9 Å². The third-order valence-electron chi connectivity index (χ3n) is 6.46. The fourth-order valence-corrected chi connectivity index (χ4v) is 4.64. The van der Waals surface area contributed by atoms with Gasteiger partial charge in [0.2, 0.25) is 11.8 Å². The van der Waals surface area contributed by atoms with Crippen molar-refractivity contribution in [1.29, 1.82) is 0 Å². The minimum atomic E-state index is -1.99. The van der Waals surface area contributed by atoms with Crippen LogP contribution in [-0.4, -0.2) is 67.0 Å². The van der Waals surface area contributed by atoms with Crippen LogP contribution in [0.3, 0.4) is 0 Å². The zero-order chi connectivity index (χ0) is 28.1. The third kappa shape index (κ3) is 5.94. The molecule has 0 saturated carbocycles. The van der Waals surface area contributed by atoms with Crippen LogP contribution < -0.4 is 0 Å². The third-order valence-corrected chi connectivity index (χ3v) is 6.46. The smallest absolute Gasteiger partial charge is 0.334 e. The van der Waals surface area contributed by atoms with Crippen LogP contribution >= 0.6 is 0 Å². The fourth-order valence-electron chi connectivity index (χ4n) is 4.64. The molecular weight excluding hydrogens is 486 g/mol. The second kappa shape index (κ2) is 12.0. The van der Waals surface area contributed by atoms with E-state index in [2.05, 4.69) is 0 Å². The summed E-state index contributed by atoms with van der Waals surface area (Å²) < 4.78 is 0. The van der Waals surface area contributed by atoms with Gasteiger partial charge in [-0.1, -0.05) is 88.4 Å². The molecule has 202 valence electrons. The molecule has 2 N–H and O–H groups in total. The number of carbonyl (C=O) groups excluding carboxylic acids is 3. The van der Waals surface area contributed by atoms with Crippen molar-refractivity contribution in [3.05, 3.63) is 78.0 Å². The number of amides is 3. The average molecular weight is 522 g/mol. The van der Waals surface area contributed by atoms with Crippen LogP contribution in [0, 0.1) is 11.8 Å². The van der Waals surface area contributed by atoms with E-state index in [0.717, 1.165) is 10.0 Å². The van der Waals surface area contributed by atoms with Crippen LogP contribution in [0.2, 0.25) is 0 Å². The molecule has 0 saturated heterocycles. The van der Waals surface area contributed by atoms with E-state index in [-0.39, 0.29) is 23.9 Å². The first-order valence-electron chi connectivity index (χ1n) is 12.6. The van der Waals surface area contributed by atoms with Gasteiger partial charge in [0.15, 0.2) is 6.10 Å². The fraction of sp³-hybridized carbons (Fsp3) is 0.379. The maximum absolute atomic E-state index is 14.3. The second-order valence-corrected chi connectivity index (χ2v) is 10.0. The van der Waals surface area contributed by atoms with Crippen LogP contribution in [-0.2, 0) is 25.6 Å². The predicted molar refractivity (Wildman–Crippen MR) is 142 cm³/mol. The summed E-state index contributed by atoms with van der Waals surface area (Å²) in [4.78, 5) is 54.1. The Morgan fingerprint density at radius 1 is 0.947 bits per heavy atom. The van der Waals surface area contributed by atoms with Gasteiger partial charge in [0, 0.05) is 24.6 Å². The van der Waals surface area contributed by atoms with Crippen LogP contribution in [0.1, 0.15) is 45.7 Å². The lowest BCUT2D eigenvalue weighted by Crippen LogP contribution is -2.64. The molecule has 2 aromatic carbocycles. The van der Waals surface area contributed by atoms with Gasteiger partial charge >= 0.3 is 5.97 Å². The van der Waals surface area contributed by atoms with Gasteiger partial charge in [-0.05, 0) is 17.9 Å². The summed E-state index contributed by atoms with van der Waals surface area (Å²) in [5.41, 5.74) is 1.45. The summed E-state index contributed by atoms with van der Waals surface area (Å²) in [7, 11) is 0. The zero-order valence-corrected chi connectivity index (χ0v) is 22.3. The van der Waals surface area contributed by atoms with Crippen molar-refractivity contribution in [2.75, 3.05) is 0 Å². The second-order valence-electron chi connectivity index (χ2n) is 10.0. The minimum absolute atomic E-state index is 0.0271. The largest absolute Gasteiger partial charge is 0.479 e. The van der Waals surface area contributed by atoms with Gasteiger partial charge in [-0.25, -0.2) is 14.8 Å². The molecule has 3 rings (SSSR count). The number of hydrazine groups is 1. The molecule has 9 heteroatoms. The molecule has 1 aliphatic rings. The number of aliphatic hydroxyl groups is 1. The van der Waals surface area contributed by atoms with E-state index >= 15 is 0 Å². The Balaban J connectivity index is 2.27. The lowest BCUT2D eigenvalue weighted by Gasteiger charge is -2.48. The van der Waals surface area contributed by atoms with E-state index in [1.807, 2.05) is 0 Å². The Morgan fingerprint density at radius 2 is 1.50 bits per heavy atom. The quantitative estimate of drug-likeness (QED) is 0.523. The molecule has 0 fully saturated rings. The Morgan fingerprint density at radius 3 is 1.97 bits per heavy atom. The number of aliphatic carboxylic acids is 1. The average Bonchev–Trinajstić information content (AvgIpc) is 2.88. The first-order valence-corrected chi connectivity index (χ1v) is 12.6. The van der Waals surface area contributed by atoms with Crippen molar-refractivity contribution in [2.45, 2.75) is 59.2 Å². The number of benzene rings is 2. The highest BCUT2D eigenvalue weighted by Gasteiger charge is 2.47. The van der Waals surface area contributed by atoms with Crippen molar-refractivity contribution >= 4 is 29.4 Å². The number of hydrogen-bond donors (Lipinski definition) is 2. The summed E-state index contributed by atoms with van der Waals surface area (Å²) in [6.45, 7) is 8.31. The molecule has 1 heterocycles. The molecule has 0 spiro atoms. The van der Waals surface area contributed by atoms with Crippen LogP contribution in [0.5, 0.6) is 0 Å². The Kier molecular flexibility index (Phi) is 9.06. The molecule has 38 heavy (non-hydrogen) atoms. The van der Waals surface area contributed by atoms with Crippen molar-refractivity contribution in [2.24, 2.45) is 11.8 Å². The van der Waals surface area contributed by atoms with E-state index in [9.17, 15) is 29.4 Å². The number of rotatable bonds is 9. The Hall–Kier alpha value is -3.98. The molecular formula is C29H35N3O6. The molecule has 0 aliphatic carbocycles. The number of aliphatic hydroxyl groups excluding tert-OH is 1. The molecule has 0 radical (unpaired) electrons. The summed E-state index contributed by atoms with van der Waals surface area (Å²) >= 11 is 0. The predicted octanol–water partition coefficient (Wildman–Crippen LogP) is 3.16. The van der Waals surface area contributed by atoms with Crippen molar-refractivity contribution in [3.63, 3.8) is 0 Å². The SMILES string of the molecule is CC(=O)N([C@@H](Cc1ccccc1)C(O)C(=O)O)N1C(=O)[C@@H](C(C)C)N(C(=O)C(C)C)C=C1c1ccccc1. The van der Waals surface area contributed by atoms with Crippen LogP contribution in [0.15, 0.2) is 66.9 Å². The topological polar surface area (TPSA) is 118 Å². The van der Waals surface area contributed by atoms with Crippen molar-refractivity contribution < 1.29 is 29.4 Å². The van der Waals surface area contributed by atoms with E-state index in [0.29, 0.717) is 11.1 Å². The summed E-state index contributed by atoms with van der Waals surface area (Å²) in [5, 5.41) is 22.8. The normalized spacial score (nSPS) is 17.3. The van der Waals surface area contributed by atoms with Gasteiger partial charge in [0.25, 0.3) is 5.91 Å². The molecule has 0 aromatic heterocycles. The number of carbonyl (C=O) groups is 4. The number of nitrogens with zero attached hydrogens (tertiary/aromatic N) is 3. The molecule has 2 aromatic rings. The van der Waals surface area contributed by atoms with Gasteiger partial charge < -0.3 is 15.1 Å². The van der Waals surface area contributed by atoms with Gasteiger partial charge in [-0.15, -0.1) is 0 Å². The number of hydrogen-bond acceptors (Lipinski definition) is 5. The standard InChI is InChI=1S/C29H35N3O6/c1-18(2)25-28(36)32(24(22-14-10-7-11-15-22)17-30(25)27(35)19(3)4)31(20(5)33)23(26(34)29(37)38)16-21-12-8-6-9-13-21/h6-15,17-19,23,25-26,34H,16H2,1-5H3,(H,37,38)/t23-,25+,26?/m0/s1.